The number of anilines is 2. The normalized spacial score (nSPS) is 16.2. The summed E-state index contributed by atoms with van der Waals surface area (Å²) in [6.45, 7) is 4.38. The fourth-order valence-electron chi connectivity index (χ4n) is 4.35. The molecule has 2 amide bonds. The van der Waals surface area contributed by atoms with Crippen molar-refractivity contribution in [2.75, 3.05) is 62.8 Å². The summed E-state index contributed by atoms with van der Waals surface area (Å²) >= 11 is 0. The lowest BCUT2D eigenvalue weighted by molar-refractivity contribution is -0.145. The van der Waals surface area contributed by atoms with Gasteiger partial charge < -0.3 is 24.6 Å². The molecular formula is C28H28N4O5. The second-order valence-electron chi connectivity index (χ2n) is 8.83. The van der Waals surface area contributed by atoms with Gasteiger partial charge in [-0.1, -0.05) is 18.2 Å². The lowest BCUT2D eigenvalue weighted by atomic mass is 10.1. The number of amides is 2. The largest absolute Gasteiger partial charge is 0.378 e. The summed E-state index contributed by atoms with van der Waals surface area (Å²) in [5.41, 5.74) is 2.67. The smallest absolute Gasteiger partial charge is 0.313 e. The van der Waals surface area contributed by atoms with Gasteiger partial charge in [0.1, 0.15) is 5.82 Å². The third-order valence-electron chi connectivity index (χ3n) is 6.38. The molecule has 0 radical (unpaired) electrons. The fraction of sp³-hybridized carbons (Fsp3) is 0.286. The van der Waals surface area contributed by atoms with E-state index >= 15 is 0 Å². The zero-order valence-electron chi connectivity index (χ0n) is 20.4. The van der Waals surface area contributed by atoms with E-state index in [4.69, 9.17) is 14.5 Å². The van der Waals surface area contributed by atoms with E-state index in [2.05, 4.69) is 10.2 Å². The maximum atomic E-state index is 12.9. The van der Waals surface area contributed by atoms with Gasteiger partial charge in [0.25, 0.3) is 0 Å². The lowest BCUT2D eigenvalue weighted by Crippen LogP contribution is -2.45. The first-order valence-corrected chi connectivity index (χ1v) is 12.3. The molecule has 3 aromatic rings. The number of rotatable bonds is 5. The van der Waals surface area contributed by atoms with E-state index in [1.54, 1.807) is 30.3 Å². The van der Waals surface area contributed by atoms with Crippen LogP contribution in [0.4, 0.5) is 11.5 Å². The van der Waals surface area contributed by atoms with E-state index in [1.807, 2.05) is 30.3 Å². The van der Waals surface area contributed by atoms with E-state index in [1.165, 1.54) is 11.0 Å². The van der Waals surface area contributed by atoms with Crippen LogP contribution in [0.3, 0.4) is 0 Å². The molecule has 1 N–H and O–H groups in total. The number of aromatic nitrogens is 1. The highest BCUT2D eigenvalue weighted by Crippen LogP contribution is 2.26. The number of carbonyl (C=O) groups is 3. The number of benzene rings is 2. The average Bonchev–Trinajstić information content (AvgIpc) is 2.96. The molecule has 0 saturated carbocycles. The molecule has 0 bridgehead atoms. The van der Waals surface area contributed by atoms with Crippen molar-refractivity contribution >= 4 is 46.1 Å². The quantitative estimate of drug-likeness (QED) is 0.327. The number of hydrogen-bond acceptors (Lipinski definition) is 7. The third-order valence-corrected chi connectivity index (χ3v) is 6.38. The zero-order valence-corrected chi connectivity index (χ0v) is 20.4. The van der Waals surface area contributed by atoms with Crippen molar-refractivity contribution < 1.29 is 23.9 Å². The van der Waals surface area contributed by atoms with Crippen molar-refractivity contribution in [1.29, 1.82) is 0 Å². The number of ketones is 1. The molecule has 37 heavy (non-hydrogen) atoms. The Labute approximate surface area is 214 Å². The maximum Gasteiger partial charge on any atom is 0.313 e. The van der Waals surface area contributed by atoms with Crippen LogP contribution in [-0.2, 0) is 19.1 Å². The second kappa shape index (κ2) is 11.3. The van der Waals surface area contributed by atoms with Crippen molar-refractivity contribution in [3.05, 3.63) is 71.8 Å². The summed E-state index contributed by atoms with van der Waals surface area (Å²) in [5.74, 6) is -0.649. The van der Waals surface area contributed by atoms with Gasteiger partial charge in [-0.15, -0.1) is 0 Å². The molecule has 2 saturated heterocycles. The van der Waals surface area contributed by atoms with Gasteiger partial charge >= 0.3 is 11.8 Å². The van der Waals surface area contributed by atoms with Crippen molar-refractivity contribution in [3.63, 3.8) is 0 Å². The van der Waals surface area contributed by atoms with Gasteiger partial charge in [-0.25, -0.2) is 4.98 Å². The second-order valence-corrected chi connectivity index (χ2v) is 8.83. The summed E-state index contributed by atoms with van der Waals surface area (Å²) in [6, 6.07) is 16.4. The van der Waals surface area contributed by atoms with Crippen molar-refractivity contribution in [2.45, 2.75) is 0 Å². The molecule has 2 aliphatic heterocycles. The molecule has 9 heteroatoms. The van der Waals surface area contributed by atoms with Crippen LogP contribution in [0.25, 0.3) is 17.0 Å². The van der Waals surface area contributed by atoms with Gasteiger partial charge in [0.15, 0.2) is 5.78 Å². The molecule has 2 aliphatic rings. The van der Waals surface area contributed by atoms with Crippen molar-refractivity contribution in [1.82, 2.24) is 9.88 Å². The third kappa shape index (κ3) is 5.84. The summed E-state index contributed by atoms with van der Waals surface area (Å²) in [5, 5.41) is 3.60. The maximum absolute atomic E-state index is 12.9. The minimum Gasteiger partial charge on any atom is -0.378 e. The molecule has 0 aliphatic carbocycles. The number of carbonyl (C=O) groups excluding carboxylic acids is 3. The van der Waals surface area contributed by atoms with Crippen LogP contribution < -0.4 is 10.2 Å². The lowest BCUT2D eigenvalue weighted by Gasteiger charge is -2.29. The van der Waals surface area contributed by atoms with Gasteiger partial charge in [-0.3, -0.25) is 14.4 Å². The Morgan fingerprint density at radius 3 is 2.27 bits per heavy atom. The summed E-state index contributed by atoms with van der Waals surface area (Å²) in [4.78, 5) is 46.0. The number of nitrogens with one attached hydrogen (secondary N) is 1. The average molecular weight is 501 g/mol. The molecule has 3 heterocycles. The van der Waals surface area contributed by atoms with Gasteiger partial charge in [0.2, 0.25) is 0 Å². The highest BCUT2D eigenvalue weighted by molar-refractivity contribution is 6.39. The van der Waals surface area contributed by atoms with Crippen molar-refractivity contribution in [3.8, 4) is 0 Å². The molecule has 1 aromatic heterocycles. The topological polar surface area (TPSA) is 101 Å². The van der Waals surface area contributed by atoms with E-state index in [0.717, 1.165) is 35.4 Å². The number of allylic oxidation sites excluding steroid dienone is 1. The molecular weight excluding hydrogens is 472 g/mol. The predicted molar refractivity (Wildman–Crippen MR) is 141 cm³/mol. The molecule has 190 valence electrons. The molecule has 2 fully saturated rings. The van der Waals surface area contributed by atoms with Crippen LogP contribution in [0.1, 0.15) is 15.9 Å². The van der Waals surface area contributed by atoms with Crippen LogP contribution in [0.5, 0.6) is 0 Å². The first-order valence-electron chi connectivity index (χ1n) is 12.3. The van der Waals surface area contributed by atoms with Crippen LogP contribution >= 0.6 is 0 Å². The standard InChI is InChI=1S/C28H28N4O5/c33-25(20-5-8-23(9-6-20)29-27(34)28(35)32-13-17-37-18-14-32)10-7-22-19-21-3-1-2-4-24(21)30-26(22)31-11-15-36-16-12-31/h1-10,19H,11-18H2,(H,29,34)/b10-7+. The van der Waals surface area contributed by atoms with Crippen LogP contribution in [0.2, 0.25) is 0 Å². The van der Waals surface area contributed by atoms with E-state index < -0.39 is 11.8 Å². The summed E-state index contributed by atoms with van der Waals surface area (Å²) < 4.78 is 10.7. The number of fused-ring (bicyclic) bond motifs is 1. The Hall–Kier alpha value is -4.08. The Balaban J connectivity index is 1.29. The number of ether oxygens (including phenoxy) is 2. The van der Waals surface area contributed by atoms with Crippen LogP contribution in [-0.4, -0.2) is 80.1 Å². The minimum atomic E-state index is -0.708. The Kier molecular flexibility index (Phi) is 7.53. The number of para-hydroxylation sites is 1. The number of morpholine rings is 2. The first-order chi connectivity index (χ1) is 18.1. The van der Waals surface area contributed by atoms with Gasteiger partial charge in [-0.2, -0.15) is 0 Å². The predicted octanol–water partition coefficient (Wildman–Crippen LogP) is 2.76. The number of pyridine rings is 1. The SMILES string of the molecule is O=C(Nc1ccc(C(=O)/C=C/c2cc3ccccc3nc2N2CCOCC2)cc1)C(=O)N1CCOCC1. The van der Waals surface area contributed by atoms with Crippen molar-refractivity contribution in [2.24, 2.45) is 0 Å². The highest BCUT2D eigenvalue weighted by atomic mass is 16.5. The monoisotopic (exact) mass is 500 g/mol. The van der Waals surface area contributed by atoms with Gasteiger partial charge in [-0.05, 0) is 48.6 Å². The summed E-state index contributed by atoms with van der Waals surface area (Å²) in [6.07, 6.45) is 3.33. The van der Waals surface area contributed by atoms with Crippen LogP contribution in [0.15, 0.2) is 60.7 Å². The highest BCUT2D eigenvalue weighted by Gasteiger charge is 2.23. The fourth-order valence-corrected chi connectivity index (χ4v) is 4.35. The Morgan fingerprint density at radius 1 is 0.865 bits per heavy atom. The minimum absolute atomic E-state index is 0.177. The Morgan fingerprint density at radius 2 is 1.54 bits per heavy atom. The van der Waals surface area contributed by atoms with Gasteiger partial charge in [0, 0.05) is 48.4 Å². The van der Waals surface area contributed by atoms with E-state index in [-0.39, 0.29) is 5.78 Å². The summed E-state index contributed by atoms with van der Waals surface area (Å²) in [7, 11) is 0. The molecule has 9 nitrogen and oxygen atoms in total. The molecule has 0 atom stereocenters. The number of hydrogen-bond donors (Lipinski definition) is 1. The number of nitrogens with zero attached hydrogens (tertiary/aromatic N) is 3. The zero-order chi connectivity index (χ0) is 25.6. The van der Waals surface area contributed by atoms with E-state index in [9.17, 15) is 14.4 Å². The first kappa shape index (κ1) is 24.6. The molecule has 0 unspecified atom stereocenters. The molecule has 5 rings (SSSR count). The van der Waals surface area contributed by atoms with Gasteiger partial charge in [0.05, 0.1) is 31.9 Å². The van der Waals surface area contributed by atoms with Crippen LogP contribution in [0, 0.1) is 0 Å². The van der Waals surface area contributed by atoms with E-state index in [0.29, 0.717) is 50.8 Å². The molecule has 2 aromatic carbocycles. The molecule has 0 spiro atoms. The Bertz CT molecular complexity index is 1330.